The molecule has 3 unspecified atom stereocenters. The second-order valence-electron chi connectivity index (χ2n) is 5.37. The van der Waals surface area contributed by atoms with Gasteiger partial charge in [-0.2, -0.15) is 0 Å². The zero-order valence-corrected chi connectivity index (χ0v) is 10.5. The van der Waals surface area contributed by atoms with Crippen LogP contribution in [-0.2, 0) is 0 Å². The monoisotopic (exact) mass is 214 g/mol. The minimum atomic E-state index is -0.177. The Hall–Kier alpha value is -0.120. The van der Waals surface area contributed by atoms with Crippen molar-refractivity contribution >= 4 is 0 Å². The maximum atomic E-state index is 10.2. The van der Waals surface area contributed by atoms with Gasteiger partial charge in [0.25, 0.3) is 0 Å². The van der Waals surface area contributed by atoms with E-state index < -0.39 is 0 Å². The smallest absolute Gasteiger partial charge is 0.0733 e. The van der Waals surface area contributed by atoms with Crippen LogP contribution in [0.3, 0.4) is 0 Å². The summed E-state index contributed by atoms with van der Waals surface area (Å²) in [6, 6.07) is 0.756. The van der Waals surface area contributed by atoms with Gasteiger partial charge in [-0.15, -0.1) is 0 Å². The fourth-order valence-corrected chi connectivity index (χ4v) is 2.55. The molecule has 1 saturated carbocycles. The van der Waals surface area contributed by atoms with Crippen molar-refractivity contribution in [3.63, 3.8) is 0 Å². The molecule has 1 rings (SSSR count). The standard InChI is InChI=1S/C12H26N2O/c1-9(2)13-11-7-5-6-10(12(11)15)8-14(3)4/h9-13,15H,5-8H2,1-4H3. The third-order valence-electron chi connectivity index (χ3n) is 3.13. The molecule has 0 amide bonds. The van der Waals surface area contributed by atoms with Crippen molar-refractivity contribution in [1.29, 1.82) is 0 Å². The van der Waals surface area contributed by atoms with Crippen molar-refractivity contribution in [3.05, 3.63) is 0 Å². The fraction of sp³-hybridized carbons (Fsp3) is 1.00. The first-order valence-electron chi connectivity index (χ1n) is 6.09. The average Bonchev–Trinajstić information content (AvgIpc) is 2.10. The number of hydrogen-bond donors (Lipinski definition) is 2. The molecule has 3 nitrogen and oxygen atoms in total. The second kappa shape index (κ2) is 5.83. The summed E-state index contributed by atoms with van der Waals surface area (Å²) in [4.78, 5) is 2.17. The maximum absolute atomic E-state index is 10.2. The van der Waals surface area contributed by atoms with Crippen LogP contribution in [0.4, 0.5) is 0 Å². The summed E-state index contributed by atoms with van der Waals surface area (Å²) in [5, 5.41) is 13.7. The lowest BCUT2D eigenvalue weighted by atomic mass is 9.82. The van der Waals surface area contributed by atoms with Crippen molar-refractivity contribution in [2.75, 3.05) is 20.6 Å². The SMILES string of the molecule is CC(C)NC1CCCC(CN(C)C)C1O. The van der Waals surface area contributed by atoms with Gasteiger partial charge in [0, 0.05) is 18.6 Å². The van der Waals surface area contributed by atoms with Crippen LogP contribution >= 0.6 is 0 Å². The number of aliphatic hydroxyl groups is 1. The van der Waals surface area contributed by atoms with E-state index in [2.05, 4.69) is 38.2 Å². The van der Waals surface area contributed by atoms with Crippen LogP contribution in [0, 0.1) is 5.92 Å². The fourth-order valence-electron chi connectivity index (χ4n) is 2.55. The highest BCUT2D eigenvalue weighted by Crippen LogP contribution is 2.25. The van der Waals surface area contributed by atoms with Gasteiger partial charge in [-0.3, -0.25) is 0 Å². The minimum Gasteiger partial charge on any atom is -0.391 e. The summed E-state index contributed by atoms with van der Waals surface area (Å²) in [6.07, 6.45) is 3.34. The number of nitrogens with zero attached hydrogens (tertiary/aromatic N) is 1. The minimum absolute atomic E-state index is 0.177. The predicted octanol–water partition coefficient (Wildman–Crippen LogP) is 1.08. The lowest BCUT2D eigenvalue weighted by molar-refractivity contribution is 0.0235. The maximum Gasteiger partial charge on any atom is 0.0733 e. The molecule has 3 atom stereocenters. The summed E-state index contributed by atoms with van der Waals surface area (Å²) >= 11 is 0. The van der Waals surface area contributed by atoms with E-state index in [4.69, 9.17) is 0 Å². The first kappa shape index (κ1) is 12.9. The van der Waals surface area contributed by atoms with Gasteiger partial charge in [0.2, 0.25) is 0 Å². The first-order valence-corrected chi connectivity index (χ1v) is 6.09. The Morgan fingerprint density at radius 2 is 2.00 bits per heavy atom. The van der Waals surface area contributed by atoms with E-state index in [-0.39, 0.29) is 6.10 Å². The molecule has 1 aliphatic carbocycles. The lowest BCUT2D eigenvalue weighted by Gasteiger charge is -2.37. The van der Waals surface area contributed by atoms with Gasteiger partial charge in [-0.05, 0) is 32.9 Å². The Morgan fingerprint density at radius 1 is 1.33 bits per heavy atom. The molecule has 0 aromatic heterocycles. The van der Waals surface area contributed by atoms with Crippen LogP contribution in [0.2, 0.25) is 0 Å². The Bertz CT molecular complexity index is 164. The van der Waals surface area contributed by atoms with Gasteiger partial charge >= 0.3 is 0 Å². The third-order valence-corrected chi connectivity index (χ3v) is 3.13. The summed E-state index contributed by atoms with van der Waals surface area (Å²) in [5.74, 6) is 0.435. The summed E-state index contributed by atoms with van der Waals surface area (Å²) in [5.41, 5.74) is 0. The third kappa shape index (κ3) is 4.09. The molecule has 1 fully saturated rings. The Kier molecular flexibility index (Phi) is 5.03. The number of hydrogen-bond acceptors (Lipinski definition) is 3. The van der Waals surface area contributed by atoms with Crippen LogP contribution in [0.15, 0.2) is 0 Å². The molecule has 0 saturated heterocycles. The van der Waals surface area contributed by atoms with Crippen LogP contribution in [0.5, 0.6) is 0 Å². The zero-order valence-electron chi connectivity index (χ0n) is 10.5. The highest BCUT2D eigenvalue weighted by atomic mass is 16.3. The van der Waals surface area contributed by atoms with Gasteiger partial charge < -0.3 is 15.3 Å². The first-order chi connectivity index (χ1) is 7.00. The zero-order chi connectivity index (χ0) is 11.4. The second-order valence-corrected chi connectivity index (χ2v) is 5.37. The molecule has 15 heavy (non-hydrogen) atoms. The largest absolute Gasteiger partial charge is 0.391 e. The Labute approximate surface area is 93.9 Å². The summed E-state index contributed by atoms with van der Waals surface area (Å²) in [7, 11) is 4.15. The van der Waals surface area contributed by atoms with Crippen LogP contribution in [-0.4, -0.2) is 48.8 Å². The van der Waals surface area contributed by atoms with Gasteiger partial charge in [0.1, 0.15) is 0 Å². The molecule has 0 bridgehead atoms. The van der Waals surface area contributed by atoms with Gasteiger partial charge in [0.15, 0.2) is 0 Å². The topological polar surface area (TPSA) is 35.5 Å². The van der Waals surface area contributed by atoms with Gasteiger partial charge in [-0.1, -0.05) is 20.3 Å². The quantitative estimate of drug-likeness (QED) is 0.735. The number of aliphatic hydroxyl groups excluding tert-OH is 1. The van der Waals surface area contributed by atoms with Crippen molar-refractivity contribution in [1.82, 2.24) is 10.2 Å². The van der Waals surface area contributed by atoms with E-state index in [1.165, 1.54) is 6.42 Å². The highest BCUT2D eigenvalue weighted by molar-refractivity contribution is 4.88. The molecule has 0 heterocycles. The summed E-state index contributed by atoms with van der Waals surface area (Å²) in [6.45, 7) is 5.28. The number of nitrogens with one attached hydrogen (secondary N) is 1. The van der Waals surface area contributed by atoms with Crippen molar-refractivity contribution in [2.24, 2.45) is 5.92 Å². The molecule has 0 aromatic carbocycles. The van der Waals surface area contributed by atoms with E-state index in [9.17, 15) is 5.11 Å². The van der Waals surface area contributed by atoms with E-state index in [1.54, 1.807) is 0 Å². The molecule has 2 N–H and O–H groups in total. The highest BCUT2D eigenvalue weighted by Gasteiger charge is 2.31. The van der Waals surface area contributed by atoms with Gasteiger partial charge in [0.05, 0.1) is 6.10 Å². The van der Waals surface area contributed by atoms with Crippen LogP contribution < -0.4 is 5.32 Å². The van der Waals surface area contributed by atoms with Crippen LogP contribution in [0.25, 0.3) is 0 Å². The molecule has 0 radical (unpaired) electrons. The Morgan fingerprint density at radius 3 is 2.53 bits per heavy atom. The van der Waals surface area contributed by atoms with Crippen molar-refractivity contribution in [3.8, 4) is 0 Å². The van der Waals surface area contributed by atoms with Crippen molar-refractivity contribution in [2.45, 2.75) is 51.3 Å². The van der Waals surface area contributed by atoms with E-state index in [1.807, 2.05) is 0 Å². The molecule has 0 aliphatic heterocycles. The normalized spacial score (nSPS) is 32.6. The molecule has 0 spiro atoms. The number of rotatable bonds is 4. The van der Waals surface area contributed by atoms with E-state index in [0.717, 1.165) is 19.4 Å². The molecule has 0 aromatic rings. The molecule has 3 heteroatoms. The van der Waals surface area contributed by atoms with Crippen LogP contribution in [0.1, 0.15) is 33.1 Å². The predicted molar refractivity (Wildman–Crippen MR) is 64.0 cm³/mol. The molecular formula is C12H26N2O. The Balaban J connectivity index is 2.47. The van der Waals surface area contributed by atoms with E-state index in [0.29, 0.717) is 18.0 Å². The average molecular weight is 214 g/mol. The van der Waals surface area contributed by atoms with Gasteiger partial charge in [-0.25, -0.2) is 0 Å². The molecule has 90 valence electrons. The summed E-state index contributed by atoms with van der Waals surface area (Å²) < 4.78 is 0. The molecular weight excluding hydrogens is 188 g/mol. The van der Waals surface area contributed by atoms with Crippen molar-refractivity contribution < 1.29 is 5.11 Å². The molecule has 1 aliphatic rings. The van der Waals surface area contributed by atoms with E-state index >= 15 is 0 Å². The lowest BCUT2D eigenvalue weighted by Crippen LogP contribution is -2.50.